The van der Waals surface area contributed by atoms with Gasteiger partial charge >= 0.3 is 17.9 Å². The molecular weight excluding hydrogens is 542 g/mol. The SMILES string of the molecule is NOC(=O)CN(Cc1ccc(OC(=O)c2ccc(N=C(N)N)cc2)cc1Cl)C(=O)CCc1cccc(C(=O)O)c1. The zero-order chi connectivity index (χ0) is 29.2. The van der Waals surface area contributed by atoms with Crippen LogP contribution in [0.4, 0.5) is 5.69 Å². The zero-order valence-corrected chi connectivity index (χ0v) is 21.8. The van der Waals surface area contributed by atoms with Gasteiger partial charge in [-0.1, -0.05) is 29.8 Å². The Morgan fingerprint density at radius 3 is 2.30 bits per heavy atom. The minimum atomic E-state index is -1.08. The molecule has 0 aliphatic carbocycles. The number of aryl methyl sites for hydroxylation is 1. The molecule has 12 nitrogen and oxygen atoms in total. The second kappa shape index (κ2) is 13.7. The molecule has 3 aromatic carbocycles. The normalized spacial score (nSPS) is 10.3. The second-order valence-corrected chi connectivity index (χ2v) is 8.88. The summed E-state index contributed by atoms with van der Waals surface area (Å²) in [5, 5.41) is 9.34. The molecule has 0 aromatic heterocycles. The first-order valence-electron chi connectivity index (χ1n) is 11.8. The van der Waals surface area contributed by atoms with Gasteiger partial charge in [-0.25, -0.2) is 19.4 Å². The van der Waals surface area contributed by atoms with Crippen molar-refractivity contribution in [2.24, 2.45) is 22.4 Å². The van der Waals surface area contributed by atoms with Gasteiger partial charge in [-0.3, -0.25) is 4.79 Å². The quantitative estimate of drug-likeness (QED) is 0.0876. The summed E-state index contributed by atoms with van der Waals surface area (Å²) in [4.78, 5) is 57.9. The number of nitrogens with two attached hydrogens (primary N) is 3. The van der Waals surface area contributed by atoms with Crippen LogP contribution in [-0.4, -0.2) is 46.3 Å². The number of hydrogen-bond donors (Lipinski definition) is 4. The van der Waals surface area contributed by atoms with E-state index in [0.29, 0.717) is 16.8 Å². The maximum Gasteiger partial charge on any atom is 0.344 e. The van der Waals surface area contributed by atoms with Gasteiger partial charge in [-0.15, -0.1) is 0 Å². The summed E-state index contributed by atoms with van der Waals surface area (Å²) in [5.74, 6) is 2.03. The molecule has 0 saturated heterocycles. The van der Waals surface area contributed by atoms with E-state index >= 15 is 0 Å². The third-order valence-electron chi connectivity index (χ3n) is 5.56. The molecule has 0 aliphatic heterocycles. The van der Waals surface area contributed by atoms with Gasteiger partial charge in [0.1, 0.15) is 12.3 Å². The number of carboxylic acid groups (broad SMARTS) is 1. The summed E-state index contributed by atoms with van der Waals surface area (Å²) < 4.78 is 5.38. The molecule has 13 heteroatoms. The highest BCUT2D eigenvalue weighted by molar-refractivity contribution is 6.31. The molecule has 0 unspecified atom stereocenters. The summed E-state index contributed by atoms with van der Waals surface area (Å²) in [6.45, 7) is -0.504. The topological polar surface area (TPSA) is 201 Å². The van der Waals surface area contributed by atoms with Gasteiger partial charge in [0.25, 0.3) is 0 Å². The smallest absolute Gasteiger partial charge is 0.344 e. The van der Waals surface area contributed by atoms with E-state index < -0.39 is 30.4 Å². The Labute approximate surface area is 233 Å². The van der Waals surface area contributed by atoms with E-state index in [1.54, 1.807) is 30.3 Å². The van der Waals surface area contributed by atoms with Gasteiger partial charge in [0.15, 0.2) is 5.96 Å². The number of amides is 1. The van der Waals surface area contributed by atoms with E-state index in [1.165, 1.54) is 41.3 Å². The number of carbonyl (C=O) groups excluding carboxylic acids is 3. The molecule has 0 radical (unpaired) electrons. The Bertz CT molecular complexity index is 1440. The number of nitrogens with zero attached hydrogens (tertiary/aromatic N) is 2. The number of halogens is 1. The number of carbonyl (C=O) groups is 4. The van der Waals surface area contributed by atoms with Crippen LogP contribution < -0.4 is 22.1 Å². The van der Waals surface area contributed by atoms with Crippen LogP contribution >= 0.6 is 11.6 Å². The number of carboxylic acids is 1. The molecule has 0 aliphatic rings. The summed E-state index contributed by atoms with van der Waals surface area (Å²) in [5.41, 5.74) is 12.6. The number of guanidine groups is 1. The molecule has 3 aromatic rings. The van der Waals surface area contributed by atoms with Crippen LogP contribution in [0.1, 0.15) is 38.3 Å². The van der Waals surface area contributed by atoms with Crippen molar-refractivity contribution >= 4 is 47.1 Å². The Morgan fingerprint density at radius 1 is 0.950 bits per heavy atom. The summed E-state index contributed by atoms with van der Waals surface area (Å²) in [6, 6.07) is 16.8. The second-order valence-electron chi connectivity index (χ2n) is 8.47. The van der Waals surface area contributed by atoms with E-state index in [-0.39, 0.29) is 47.2 Å². The molecule has 208 valence electrons. The highest BCUT2D eigenvalue weighted by atomic mass is 35.5. The average Bonchev–Trinajstić information content (AvgIpc) is 2.92. The Kier molecular flexibility index (Phi) is 10.2. The fourth-order valence-electron chi connectivity index (χ4n) is 3.61. The highest BCUT2D eigenvalue weighted by Gasteiger charge is 2.20. The molecule has 40 heavy (non-hydrogen) atoms. The van der Waals surface area contributed by atoms with E-state index in [2.05, 4.69) is 9.83 Å². The van der Waals surface area contributed by atoms with E-state index in [9.17, 15) is 19.2 Å². The molecule has 0 saturated carbocycles. The minimum Gasteiger partial charge on any atom is -0.478 e. The lowest BCUT2D eigenvalue weighted by Gasteiger charge is -2.22. The molecule has 0 bridgehead atoms. The highest BCUT2D eigenvalue weighted by Crippen LogP contribution is 2.25. The molecule has 1 amide bonds. The van der Waals surface area contributed by atoms with Gasteiger partial charge in [0.2, 0.25) is 5.91 Å². The lowest BCUT2D eigenvalue weighted by atomic mass is 10.1. The van der Waals surface area contributed by atoms with Gasteiger partial charge in [0.05, 0.1) is 16.8 Å². The standard InChI is InChI=1S/C27H26ClN5O7/c28-22-13-21(39-26(38)17-5-8-20(9-6-17)32-27(29)30)10-7-19(22)14-33(15-24(35)40-31)23(34)11-4-16-2-1-3-18(12-16)25(36)37/h1-3,5-10,12-13H,4,11,14-15,31H2,(H,36,37)(H4,29,30,32). The predicted molar refractivity (Wildman–Crippen MR) is 146 cm³/mol. The maximum atomic E-state index is 13.0. The van der Waals surface area contributed by atoms with Crippen LogP contribution in [0.2, 0.25) is 5.02 Å². The molecule has 0 atom stereocenters. The number of aromatic carboxylic acids is 1. The largest absolute Gasteiger partial charge is 0.478 e. The van der Waals surface area contributed by atoms with Gasteiger partial charge in [0, 0.05) is 18.0 Å². The van der Waals surface area contributed by atoms with Crippen molar-refractivity contribution in [1.82, 2.24) is 4.90 Å². The van der Waals surface area contributed by atoms with Crippen LogP contribution in [0.25, 0.3) is 0 Å². The number of hydrogen-bond acceptors (Lipinski definition) is 8. The van der Waals surface area contributed by atoms with E-state index in [0.717, 1.165) is 0 Å². The third kappa shape index (κ3) is 8.55. The van der Waals surface area contributed by atoms with Crippen LogP contribution in [0.15, 0.2) is 71.7 Å². The molecule has 0 fully saturated rings. The molecule has 0 spiro atoms. The number of ether oxygens (including phenoxy) is 1. The van der Waals surface area contributed by atoms with Crippen molar-refractivity contribution in [2.45, 2.75) is 19.4 Å². The summed E-state index contributed by atoms with van der Waals surface area (Å²) in [6.07, 6.45) is 0.222. The van der Waals surface area contributed by atoms with E-state index in [1.807, 2.05) is 0 Å². The number of benzene rings is 3. The zero-order valence-electron chi connectivity index (χ0n) is 21.1. The third-order valence-corrected chi connectivity index (χ3v) is 5.91. The predicted octanol–water partition coefficient (Wildman–Crippen LogP) is 2.54. The first kappa shape index (κ1) is 29.6. The minimum absolute atomic E-state index is 0.0176. The van der Waals surface area contributed by atoms with Crippen molar-refractivity contribution < 1.29 is 33.9 Å². The number of aliphatic imine (C=N–C) groups is 1. The van der Waals surface area contributed by atoms with Gasteiger partial charge in [-0.05, 0) is 66.1 Å². The number of rotatable bonds is 11. The Morgan fingerprint density at radius 2 is 1.68 bits per heavy atom. The lowest BCUT2D eigenvalue weighted by molar-refractivity contribution is -0.150. The molecular formula is C27H26ClN5O7. The lowest BCUT2D eigenvalue weighted by Crippen LogP contribution is -2.37. The molecule has 7 N–H and O–H groups in total. The average molecular weight is 568 g/mol. The van der Waals surface area contributed by atoms with Crippen LogP contribution in [-0.2, 0) is 27.4 Å². The van der Waals surface area contributed by atoms with Crippen LogP contribution in [0.5, 0.6) is 5.75 Å². The van der Waals surface area contributed by atoms with Gasteiger partial charge < -0.3 is 31.0 Å². The van der Waals surface area contributed by atoms with E-state index in [4.69, 9.17) is 38.8 Å². The fourth-order valence-corrected chi connectivity index (χ4v) is 3.84. The summed E-state index contributed by atoms with van der Waals surface area (Å²) >= 11 is 6.40. The van der Waals surface area contributed by atoms with Crippen molar-refractivity contribution in [1.29, 1.82) is 0 Å². The van der Waals surface area contributed by atoms with Gasteiger partial charge in [-0.2, -0.15) is 5.90 Å². The van der Waals surface area contributed by atoms with Crippen molar-refractivity contribution in [3.63, 3.8) is 0 Å². The van der Waals surface area contributed by atoms with Crippen molar-refractivity contribution in [3.8, 4) is 5.75 Å². The maximum absolute atomic E-state index is 13.0. The first-order chi connectivity index (χ1) is 19.0. The van der Waals surface area contributed by atoms with Crippen LogP contribution in [0, 0.1) is 0 Å². The first-order valence-corrected chi connectivity index (χ1v) is 12.1. The summed E-state index contributed by atoms with van der Waals surface area (Å²) in [7, 11) is 0. The monoisotopic (exact) mass is 567 g/mol. The van der Waals surface area contributed by atoms with Crippen molar-refractivity contribution in [3.05, 3.63) is 94.0 Å². The fraction of sp³-hybridized carbons (Fsp3) is 0.148. The Balaban J connectivity index is 1.68. The Hall–Kier alpha value is -4.94. The molecule has 3 rings (SSSR count). The molecule has 0 heterocycles. The van der Waals surface area contributed by atoms with Crippen LogP contribution in [0.3, 0.4) is 0 Å². The van der Waals surface area contributed by atoms with Crippen molar-refractivity contribution in [2.75, 3.05) is 6.54 Å². The number of esters is 1.